The number of aromatic nitrogens is 1. The molecule has 0 fully saturated rings. The number of nitrogens with zero attached hydrogens (tertiary/aromatic N) is 3. The Kier molecular flexibility index (Phi) is 8.76. The van der Waals surface area contributed by atoms with E-state index in [1.54, 1.807) is 14.2 Å². The number of aryl methyl sites for hydroxylation is 2. The molecule has 0 unspecified atom stereocenters. The Labute approximate surface area is 235 Å². The molecular weight excluding hydrogens is 572 g/mol. The van der Waals surface area contributed by atoms with Gasteiger partial charge < -0.3 is 24.2 Å². The smallest absolute Gasteiger partial charge is 0.289 e. The summed E-state index contributed by atoms with van der Waals surface area (Å²) in [5.41, 5.74) is 1.85. The number of rotatable bonds is 8. The minimum Gasteiger partial charge on any atom is -0.497 e. The highest BCUT2D eigenvalue weighted by molar-refractivity contribution is 9.10. The number of alkyl halides is 1. The van der Waals surface area contributed by atoms with Crippen molar-refractivity contribution in [2.24, 2.45) is 4.99 Å². The Morgan fingerprint density at radius 1 is 1.05 bits per heavy atom. The van der Waals surface area contributed by atoms with Crippen LogP contribution in [0.1, 0.15) is 34.9 Å². The highest BCUT2D eigenvalue weighted by Crippen LogP contribution is 2.39. The lowest BCUT2D eigenvalue weighted by Gasteiger charge is -2.41. The van der Waals surface area contributed by atoms with E-state index in [4.69, 9.17) is 14.2 Å². The molecule has 0 saturated heterocycles. The zero-order chi connectivity index (χ0) is 28.3. The monoisotopic (exact) mass is 603 g/mol. The first-order valence-corrected chi connectivity index (χ1v) is 13.2. The molecule has 1 aliphatic heterocycles. The molecular formula is C29H32BrF2N3O4. The Morgan fingerprint density at radius 3 is 2.44 bits per heavy atom. The van der Waals surface area contributed by atoms with E-state index < -0.39 is 30.2 Å². The van der Waals surface area contributed by atoms with Crippen LogP contribution in [0.15, 0.2) is 58.1 Å². The van der Waals surface area contributed by atoms with Crippen LogP contribution in [0.3, 0.4) is 0 Å². The fraction of sp³-hybridized carbons (Fsp3) is 0.379. The van der Waals surface area contributed by atoms with Gasteiger partial charge in [0.25, 0.3) is 6.02 Å². The van der Waals surface area contributed by atoms with E-state index in [1.807, 2.05) is 55.1 Å². The predicted octanol–water partition coefficient (Wildman–Crippen LogP) is 5.62. The van der Waals surface area contributed by atoms with Gasteiger partial charge in [0.1, 0.15) is 33.2 Å². The fourth-order valence-electron chi connectivity index (χ4n) is 4.63. The van der Waals surface area contributed by atoms with Gasteiger partial charge >= 0.3 is 0 Å². The molecule has 4 rings (SSSR count). The first kappa shape index (κ1) is 28.8. The van der Waals surface area contributed by atoms with Gasteiger partial charge in [-0.1, -0.05) is 18.2 Å². The van der Waals surface area contributed by atoms with Gasteiger partial charge in [-0.15, -0.1) is 0 Å². The summed E-state index contributed by atoms with van der Waals surface area (Å²) in [6.07, 6.45) is -3.15. The molecule has 10 heteroatoms. The number of aliphatic imine (C=N–C) groups is 1. The van der Waals surface area contributed by atoms with Crippen molar-refractivity contribution in [3.63, 3.8) is 0 Å². The second kappa shape index (κ2) is 11.9. The molecule has 0 radical (unpaired) electrons. The summed E-state index contributed by atoms with van der Waals surface area (Å²) in [6.45, 7) is 5.37. The van der Waals surface area contributed by atoms with Crippen LogP contribution in [0.5, 0.6) is 11.5 Å². The number of amidine groups is 1. The molecule has 3 atom stereocenters. The number of aliphatic hydroxyl groups is 1. The van der Waals surface area contributed by atoms with Gasteiger partial charge in [-0.2, -0.15) is 0 Å². The number of aliphatic hydroxyl groups excluding tert-OH is 1. The molecule has 39 heavy (non-hydrogen) atoms. The average Bonchev–Trinajstić information content (AvgIpc) is 2.92. The van der Waals surface area contributed by atoms with Crippen LogP contribution < -0.4 is 9.47 Å². The molecule has 0 amide bonds. The van der Waals surface area contributed by atoms with Gasteiger partial charge in [0.15, 0.2) is 12.3 Å². The maximum Gasteiger partial charge on any atom is 0.289 e. The van der Waals surface area contributed by atoms with E-state index in [0.717, 1.165) is 28.0 Å². The molecule has 0 spiro atoms. The summed E-state index contributed by atoms with van der Waals surface area (Å²) < 4.78 is 48.1. The second-order valence-electron chi connectivity index (χ2n) is 9.71. The number of halogens is 3. The van der Waals surface area contributed by atoms with Crippen LogP contribution in [0.4, 0.5) is 8.78 Å². The minimum absolute atomic E-state index is 0.0597. The third-order valence-electron chi connectivity index (χ3n) is 6.90. The Morgan fingerprint density at radius 2 is 1.77 bits per heavy atom. The van der Waals surface area contributed by atoms with E-state index >= 15 is 8.78 Å². The molecule has 1 aliphatic rings. The van der Waals surface area contributed by atoms with Crippen molar-refractivity contribution in [1.82, 2.24) is 9.88 Å². The third kappa shape index (κ3) is 6.01. The number of pyridine rings is 1. The van der Waals surface area contributed by atoms with Crippen molar-refractivity contribution in [3.8, 4) is 11.5 Å². The number of methoxy groups -OCH3 is 2. The van der Waals surface area contributed by atoms with Gasteiger partial charge in [-0.25, -0.2) is 18.8 Å². The topological polar surface area (TPSA) is 76.4 Å². The van der Waals surface area contributed by atoms with Crippen LogP contribution in [0.2, 0.25) is 0 Å². The zero-order valence-electron chi connectivity index (χ0n) is 22.5. The first-order valence-electron chi connectivity index (χ1n) is 12.5. The normalized spacial score (nSPS) is 20.7. The number of benzene rings is 2. The molecule has 3 aromatic rings. The van der Waals surface area contributed by atoms with Crippen molar-refractivity contribution >= 4 is 22.0 Å². The summed E-state index contributed by atoms with van der Waals surface area (Å²) in [6, 6.07) is 14.3. The highest BCUT2D eigenvalue weighted by Gasteiger charge is 2.50. The second-order valence-corrected chi connectivity index (χ2v) is 10.5. The Bertz CT molecular complexity index is 1370. The van der Waals surface area contributed by atoms with Crippen molar-refractivity contribution in [2.75, 3.05) is 20.8 Å². The maximum absolute atomic E-state index is 15.8. The van der Waals surface area contributed by atoms with Crippen molar-refractivity contribution in [1.29, 1.82) is 0 Å². The Balaban J connectivity index is 1.85. The SMILES string of the molecule is COc1ccc(CN(Cc2ccc(C)cc2OC)C2=N[C@](C)(c3nc(Br)ccc3F)[C@@H](F)[C@@H](CO)O2)c(C)c1. The van der Waals surface area contributed by atoms with Gasteiger partial charge in [-0.05, 0) is 83.7 Å². The predicted molar refractivity (Wildman–Crippen MR) is 148 cm³/mol. The van der Waals surface area contributed by atoms with E-state index in [1.165, 1.54) is 19.1 Å². The lowest BCUT2D eigenvalue weighted by Crippen LogP contribution is -2.53. The molecule has 7 nitrogen and oxygen atoms in total. The van der Waals surface area contributed by atoms with E-state index in [9.17, 15) is 5.11 Å². The lowest BCUT2D eigenvalue weighted by molar-refractivity contribution is -0.0279. The molecule has 0 bridgehead atoms. The summed E-state index contributed by atoms with van der Waals surface area (Å²) in [4.78, 5) is 10.7. The van der Waals surface area contributed by atoms with Crippen LogP contribution in [-0.4, -0.2) is 54.1 Å². The van der Waals surface area contributed by atoms with Crippen LogP contribution in [0.25, 0.3) is 0 Å². The summed E-state index contributed by atoms with van der Waals surface area (Å²) in [5.74, 6) is 0.689. The third-order valence-corrected chi connectivity index (χ3v) is 7.35. The molecule has 1 N–H and O–H groups in total. The Hall–Kier alpha value is -3.24. The molecule has 0 aliphatic carbocycles. The average molecular weight is 604 g/mol. The highest BCUT2D eigenvalue weighted by atomic mass is 79.9. The van der Waals surface area contributed by atoms with Crippen LogP contribution in [0, 0.1) is 19.7 Å². The van der Waals surface area contributed by atoms with Gasteiger partial charge in [0, 0.05) is 12.1 Å². The summed E-state index contributed by atoms with van der Waals surface area (Å²) in [7, 11) is 3.20. The number of ether oxygens (including phenoxy) is 3. The van der Waals surface area contributed by atoms with E-state index in [2.05, 4.69) is 25.9 Å². The van der Waals surface area contributed by atoms with Crippen LogP contribution >= 0.6 is 15.9 Å². The molecule has 208 valence electrons. The summed E-state index contributed by atoms with van der Waals surface area (Å²) >= 11 is 3.25. The van der Waals surface area contributed by atoms with Gasteiger partial charge in [0.2, 0.25) is 0 Å². The summed E-state index contributed by atoms with van der Waals surface area (Å²) in [5, 5.41) is 10.1. The maximum atomic E-state index is 15.8. The van der Waals surface area contributed by atoms with Gasteiger partial charge in [-0.3, -0.25) is 0 Å². The van der Waals surface area contributed by atoms with Crippen molar-refractivity contribution in [3.05, 3.63) is 86.9 Å². The zero-order valence-corrected chi connectivity index (χ0v) is 24.1. The van der Waals surface area contributed by atoms with E-state index in [0.29, 0.717) is 16.9 Å². The van der Waals surface area contributed by atoms with Crippen LogP contribution in [-0.2, 0) is 23.4 Å². The molecule has 2 aromatic carbocycles. The minimum atomic E-state index is -1.86. The van der Waals surface area contributed by atoms with Crippen molar-refractivity contribution in [2.45, 2.75) is 51.7 Å². The lowest BCUT2D eigenvalue weighted by atomic mass is 9.87. The standard InChI is InChI=1S/C29H32BrF2N3O4/c1-17-6-7-20(23(12-17)38-5)15-35(14-19-8-9-21(37-4)13-18(19)2)28-34-29(3,26(32)24(16-36)39-28)27-22(31)10-11-25(30)33-27/h6-13,24,26,36H,14-16H2,1-5H3/t24-,26+,29+/m1/s1. The van der Waals surface area contributed by atoms with E-state index in [-0.39, 0.29) is 18.3 Å². The van der Waals surface area contributed by atoms with Gasteiger partial charge in [0.05, 0.1) is 27.4 Å². The number of hydrogen-bond acceptors (Lipinski definition) is 7. The molecule has 2 heterocycles. The molecule has 0 saturated carbocycles. The largest absolute Gasteiger partial charge is 0.497 e. The number of hydrogen-bond donors (Lipinski definition) is 1. The quantitative estimate of drug-likeness (QED) is 0.337. The fourth-order valence-corrected chi connectivity index (χ4v) is 4.94. The van der Waals surface area contributed by atoms with Crippen molar-refractivity contribution < 1.29 is 28.1 Å². The molecule has 1 aromatic heterocycles. The first-order chi connectivity index (χ1) is 18.6.